The van der Waals surface area contributed by atoms with Crippen LogP contribution in [0.15, 0.2) is 91.0 Å². The van der Waals surface area contributed by atoms with Crippen LogP contribution >= 0.6 is 23.2 Å². The van der Waals surface area contributed by atoms with Crippen LogP contribution in [0, 0.1) is 0 Å². The first-order chi connectivity index (χ1) is 25.2. The van der Waals surface area contributed by atoms with E-state index < -0.39 is 86.2 Å². The summed E-state index contributed by atoms with van der Waals surface area (Å²) in [4.78, 5) is 24.5. The van der Waals surface area contributed by atoms with E-state index in [2.05, 4.69) is 0 Å². The highest BCUT2D eigenvalue weighted by atomic mass is 35.5. The molecule has 0 spiro atoms. The van der Waals surface area contributed by atoms with Gasteiger partial charge in [-0.25, -0.2) is 0 Å². The maximum atomic E-state index is 13.6. The van der Waals surface area contributed by atoms with Crippen LogP contribution in [-0.2, 0) is 30.8 Å². The van der Waals surface area contributed by atoms with E-state index in [1.165, 1.54) is 24.3 Å². The summed E-state index contributed by atoms with van der Waals surface area (Å²) in [5, 5.41) is 9.13. The maximum absolute atomic E-state index is 13.6. The Morgan fingerprint density at radius 2 is 1.00 bits per heavy atom. The third kappa shape index (κ3) is 11.8. The number of aliphatic hydroxyl groups is 1. The minimum absolute atomic E-state index is 0.00739. The molecule has 17 heteroatoms. The van der Waals surface area contributed by atoms with Gasteiger partial charge in [-0.1, -0.05) is 85.6 Å². The van der Waals surface area contributed by atoms with E-state index in [4.69, 9.17) is 23.2 Å². The Morgan fingerprint density at radius 1 is 0.582 bits per heavy atom. The lowest BCUT2D eigenvalue weighted by atomic mass is 9.85. The normalized spacial score (nSPS) is 13.8. The van der Waals surface area contributed by atoms with Crippen LogP contribution in [0.2, 0.25) is 10.0 Å². The van der Waals surface area contributed by atoms with Crippen molar-refractivity contribution in [3.8, 4) is 0 Å². The number of Topliss-reactive ketones (excluding diaryl/α,β-unsaturated/α-hetero) is 1. The van der Waals surface area contributed by atoms with Crippen molar-refractivity contribution in [3.05, 3.63) is 146 Å². The Hall–Kier alpha value is -4.34. The van der Waals surface area contributed by atoms with Crippen molar-refractivity contribution in [2.24, 2.45) is 0 Å². The van der Waals surface area contributed by atoms with Crippen molar-refractivity contribution in [1.82, 2.24) is 0 Å². The van der Waals surface area contributed by atoms with Gasteiger partial charge in [-0.3, -0.25) is 9.59 Å². The topological polar surface area (TPSA) is 54.4 Å². The zero-order chi connectivity index (χ0) is 41.7. The third-order valence-corrected chi connectivity index (χ3v) is 8.47. The number of carbonyl (C=O) groups excluding carboxylic acids is 2. The number of halogens is 14. The highest BCUT2D eigenvalue weighted by Crippen LogP contribution is 2.45. The summed E-state index contributed by atoms with van der Waals surface area (Å²) in [6.45, 7) is 3.71. The van der Waals surface area contributed by atoms with Gasteiger partial charge >= 0.3 is 24.7 Å². The van der Waals surface area contributed by atoms with Gasteiger partial charge in [0.2, 0.25) is 0 Å². The fourth-order valence-corrected chi connectivity index (χ4v) is 5.45. The zero-order valence-corrected chi connectivity index (χ0v) is 29.8. The summed E-state index contributed by atoms with van der Waals surface area (Å²) in [6.07, 6.45) is -20.2. The van der Waals surface area contributed by atoms with Crippen LogP contribution in [0.3, 0.4) is 0 Å². The molecule has 1 N–H and O–H groups in total. The van der Waals surface area contributed by atoms with Gasteiger partial charge < -0.3 is 5.11 Å². The summed E-state index contributed by atoms with van der Waals surface area (Å²) in [5.41, 5.74) is -8.50. The van der Waals surface area contributed by atoms with Crippen LogP contribution in [-0.4, -0.2) is 29.0 Å². The van der Waals surface area contributed by atoms with E-state index in [1.54, 1.807) is 24.3 Å². The first-order valence-corrected chi connectivity index (χ1v) is 16.5. The van der Waals surface area contributed by atoms with Gasteiger partial charge in [0.25, 0.3) is 0 Å². The van der Waals surface area contributed by atoms with Crippen molar-refractivity contribution < 1.29 is 67.4 Å². The molecule has 4 aromatic rings. The summed E-state index contributed by atoms with van der Waals surface area (Å²) >= 11 is 11.1. The molecule has 0 aliphatic rings. The summed E-state index contributed by atoms with van der Waals surface area (Å²) in [5.74, 6) is -2.05. The highest BCUT2D eigenvalue weighted by molar-refractivity contribution is 6.31. The van der Waals surface area contributed by atoms with E-state index in [0.29, 0.717) is 37.1 Å². The van der Waals surface area contributed by atoms with E-state index in [-0.39, 0.29) is 23.3 Å². The number of carbonyl (C=O) groups is 2. The Bertz CT molecular complexity index is 2010. The van der Waals surface area contributed by atoms with Crippen LogP contribution in [0.25, 0.3) is 5.57 Å². The largest absolute Gasteiger partial charge is 0.421 e. The van der Waals surface area contributed by atoms with Crippen LogP contribution in [0.5, 0.6) is 0 Å². The molecule has 0 heterocycles. The smallest absolute Gasteiger partial charge is 0.376 e. The molecule has 0 saturated heterocycles. The second-order valence-corrected chi connectivity index (χ2v) is 12.8. The predicted octanol–water partition coefficient (Wildman–Crippen LogP) is 12.7. The lowest BCUT2D eigenvalue weighted by molar-refractivity contribution is -0.265. The predicted molar refractivity (Wildman–Crippen MR) is 182 cm³/mol. The van der Waals surface area contributed by atoms with Crippen molar-refractivity contribution in [2.75, 3.05) is 0 Å². The minimum atomic E-state index is -5.42. The number of hydrogen-bond donors (Lipinski definition) is 1. The van der Waals surface area contributed by atoms with Gasteiger partial charge in [-0.05, 0) is 77.6 Å². The fraction of sp³-hybridized carbons (Fsp3) is 0.263. The molecule has 296 valence electrons. The average molecular weight is 832 g/mol. The lowest BCUT2D eigenvalue weighted by Crippen LogP contribution is -2.44. The molecule has 0 aliphatic carbocycles. The molecule has 4 rings (SSSR count). The number of rotatable bonds is 9. The van der Waals surface area contributed by atoms with Gasteiger partial charge in [0.15, 0.2) is 17.2 Å². The number of allylic oxidation sites excluding steroid dienone is 2. The summed E-state index contributed by atoms with van der Waals surface area (Å²) in [6, 6.07) is 14.3. The Balaban J connectivity index is 0.000000296. The highest BCUT2D eigenvalue weighted by Gasteiger charge is 2.56. The average Bonchev–Trinajstić information content (AvgIpc) is 3.08. The van der Waals surface area contributed by atoms with E-state index in [9.17, 15) is 67.4 Å². The second-order valence-electron chi connectivity index (χ2n) is 11.9. The SMILES string of the molecule is CCc1ccc(C(=O)C=C(c2cc(Cl)cc(C(F)(F)F)c2)C(F)(F)F)cc1.CCc1ccc(C(=O)CC(O)(c2cc(Cl)cc(C(F)(F)F)c2)C(F)(F)F)cc1. The molecule has 55 heavy (non-hydrogen) atoms. The Kier molecular flexibility index (Phi) is 14.1. The molecule has 1 atom stereocenters. The van der Waals surface area contributed by atoms with Gasteiger partial charge in [-0.15, -0.1) is 0 Å². The van der Waals surface area contributed by atoms with E-state index in [0.717, 1.165) is 17.2 Å². The van der Waals surface area contributed by atoms with Crippen molar-refractivity contribution in [1.29, 1.82) is 0 Å². The number of ketones is 2. The van der Waals surface area contributed by atoms with Crippen LogP contribution < -0.4 is 0 Å². The van der Waals surface area contributed by atoms with Gasteiger partial charge in [0, 0.05) is 21.2 Å². The zero-order valence-electron chi connectivity index (χ0n) is 28.3. The molecule has 0 bridgehead atoms. The van der Waals surface area contributed by atoms with Crippen molar-refractivity contribution in [2.45, 2.75) is 63.4 Å². The van der Waals surface area contributed by atoms with Gasteiger partial charge in [-0.2, -0.15) is 52.7 Å². The fourth-order valence-electron chi connectivity index (χ4n) is 4.98. The third-order valence-electron chi connectivity index (χ3n) is 8.04. The van der Waals surface area contributed by atoms with E-state index in [1.807, 2.05) is 13.8 Å². The first kappa shape index (κ1) is 45.1. The van der Waals surface area contributed by atoms with Gasteiger partial charge in [0.1, 0.15) is 0 Å². The Labute approximate surface area is 316 Å². The molecular weight excluding hydrogens is 803 g/mol. The standard InChI is InChI=1S/C19H15ClF6O2.C19H13ClF6O/c1-2-11-3-5-12(6-4-11)16(27)10-17(28,19(24,25)26)13-7-14(18(21,22)23)9-15(20)8-13;1-2-11-3-5-12(6-4-11)17(27)10-16(19(24,25)26)13-7-14(18(21,22)23)9-15(20)8-13/h3-9,28H,2,10H2,1H3;3-10H,2H2,1H3. The number of hydrogen-bond acceptors (Lipinski definition) is 3. The van der Waals surface area contributed by atoms with Crippen LogP contribution in [0.1, 0.15) is 74.4 Å². The molecular formula is C38H28Cl2F12O3. The lowest BCUT2D eigenvalue weighted by Gasteiger charge is -2.31. The molecule has 0 fully saturated rings. The molecule has 0 amide bonds. The molecule has 0 saturated carbocycles. The quantitative estimate of drug-likeness (QED) is 0.104. The van der Waals surface area contributed by atoms with Gasteiger partial charge in [0.05, 0.1) is 23.1 Å². The minimum Gasteiger partial charge on any atom is -0.376 e. The van der Waals surface area contributed by atoms with Crippen LogP contribution in [0.4, 0.5) is 52.7 Å². The van der Waals surface area contributed by atoms with E-state index >= 15 is 0 Å². The summed E-state index contributed by atoms with van der Waals surface area (Å²) in [7, 11) is 0. The first-order valence-electron chi connectivity index (χ1n) is 15.8. The number of aryl methyl sites for hydroxylation is 2. The molecule has 0 aromatic heterocycles. The van der Waals surface area contributed by atoms with Crippen molar-refractivity contribution in [3.63, 3.8) is 0 Å². The molecule has 0 radical (unpaired) electrons. The number of benzene rings is 4. The monoisotopic (exact) mass is 830 g/mol. The molecule has 3 nitrogen and oxygen atoms in total. The number of alkyl halides is 12. The summed E-state index contributed by atoms with van der Waals surface area (Å²) < 4.78 is 159. The second kappa shape index (κ2) is 17.2. The Morgan fingerprint density at radius 3 is 1.42 bits per heavy atom. The van der Waals surface area contributed by atoms with Crippen molar-refractivity contribution >= 4 is 40.3 Å². The molecule has 4 aromatic carbocycles. The maximum Gasteiger partial charge on any atom is 0.421 e. The molecule has 0 aliphatic heterocycles. The molecule has 1 unspecified atom stereocenters.